The quantitative estimate of drug-likeness (QED) is 0.759. The first kappa shape index (κ1) is 18.3. The average molecular weight is 315 g/mol. The minimum absolute atomic E-state index is 0.116. The number of halogens is 1. The van der Waals surface area contributed by atoms with E-state index >= 15 is 0 Å². The van der Waals surface area contributed by atoms with E-state index in [1.807, 2.05) is 19.1 Å². The number of hydrogen-bond donors (Lipinski definition) is 2. The molecule has 1 aromatic carbocycles. The Morgan fingerprint density at radius 2 is 1.81 bits per heavy atom. The first-order chi connectivity index (χ1) is 9.94. The highest BCUT2D eigenvalue weighted by Crippen LogP contribution is 2.40. The molecule has 0 spiro atoms. The largest absolute Gasteiger partial charge is 0.493 e. The Balaban J connectivity index is 3.29. The summed E-state index contributed by atoms with van der Waals surface area (Å²) in [7, 11) is 0. The molecule has 3 nitrogen and oxygen atoms in total. The van der Waals surface area contributed by atoms with Gasteiger partial charge in [-0.2, -0.15) is 0 Å². The summed E-state index contributed by atoms with van der Waals surface area (Å²) < 4.78 is 5.88. The third-order valence-electron chi connectivity index (χ3n) is 3.72. The summed E-state index contributed by atoms with van der Waals surface area (Å²) in [5.41, 5.74) is 2.12. The number of ether oxygens (including phenoxy) is 1. The van der Waals surface area contributed by atoms with Gasteiger partial charge in [0.1, 0.15) is 5.75 Å². The van der Waals surface area contributed by atoms with E-state index in [9.17, 15) is 5.11 Å². The molecule has 0 aromatic heterocycles. The van der Waals surface area contributed by atoms with Gasteiger partial charge < -0.3 is 14.9 Å². The van der Waals surface area contributed by atoms with E-state index in [2.05, 4.69) is 20.8 Å². The topological polar surface area (TPSA) is 49.7 Å². The van der Waals surface area contributed by atoms with E-state index in [1.165, 1.54) is 0 Å². The van der Waals surface area contributed by atoms with E-state index in [0.29, 0.717) is 24.0 Å². The molecule has 0 amide bonds. The highest BCUT2D eigenvalue weighted by atomic mass is 35.5. The predicted octanol–water partition coefficient (Wildman–Crippen LogP) is 4.10. The molecule has 0 saturated carbocycles. The minimum Gasteiger partial charge on any atom is -0.493 e. The van der Waals surface area contributed by atoms with Gasteiger partial charge in [0.2, 0.25) is 0 Å². The molecule has 4 heteroatoms. The van der Waals surface area contributed by atoms with E-state index in [0.717, 1.165) is 23.3 Å². The maximum Gasteiger partial charge on any atom is 0.126 e. The van der Waals surface area contributed by atoms with Crippen molar-refractivity contribution in [3.05, 3.63) is 28.3 Å². The zero-order chi connectivity index (χ0) is 16.0. The van der Waals surface area contributed by atoms with Crippen LogP contribution in [0.15, 0.2) is 12.1 Å². The lowest BCUT2D eigenvalue weighted by Crippen LogP contribution is -2.17. The molecule has 0 radical (unpaired) electrons. The van der Waals surface area contributed by atoms with Gasteiger partial charge in [-0.1, -0.05) is 32.4 Å². The average Bonchev–Trinajstić information content (AvgIpc) is 2.45. The van der Waals surface area contributed by atoms with Crippen LogP contribution in [0.5, 0.6) is 5.75 Å². The molecular formula is C17H27ClO3. The third-order valence-corrected chi connectivity index (χ3v) is 3.94. The maximum absolute atomic E-state index is 9.77. The number of aliphatic hydroxyl groups excluding tert-OH is 2. The van der Waals surface area contributed by atoms with Crippen molar-refractivity contribution in [2.24, 2.45) is 0 Å². The molecule has 0 aliphatic carbocycles. The summed E-state index contributed by atoms with van der Waals surface area (Å²) in [6.45, 7) is 8.63. The van der Waals surface area contributed by atoms with Crippen LogP contribution in [0.1, 0.15) is 63.5 Å². The lowest BCUT2D eigenvalue weighted by molar-refractivity contribution is 0.0814. The van der Waals surface area contributed by atoms with E-state index < -0.39 is 6.10 Å². The highest BCUT2D eigenvalue weighted by molar-refractivity contribution is 6.30. The van der Waals surface area contributed by atoms with Crippen LogP contribution in [0.25, 0.3) is 0 Å². The van der Waals surface area contributed by atoms with E-state index in [-0.39, 0.29) is 12.5 Å². The molecule has 0 saturated heterocycles. The van der Waals surface area contributed by atoms with Crippen molar-refractivity contribution in [1.29, 1.82) is 0 Å². The van der Waals surface area contributed by atoms with Crippen LogP contribution in [-0.2, 0) is 0 Å². The summed E-state index contributed by atoms with van der Waals surface area (Å²) >= 11 is 6.27. The standard InChI is InChI=1S/C17H27ClO3/c1-5-12(7-14(20)10-19)16-9-13(18)8-15(11(3)4)17(16)21-6-2/h8-9,11-12,14,19-20H,5-7,10H2,1-4H3. The summed E-state index contributed by atoms with van der Waals surface area (Å²) in [5.74, 6) is 1.31. The second kappa shape index (κ2) is 8.62. The molecule has 0 bridgehead atoms. The van der Waals surface area contributed by atoms with Crippen LogP contribution in [0.2, 0.25) is 5.02 Å². The zero-order valence-electron chi connectivity index (χ0n) is 13.4. The number of aliphatic hydroxyl groups is 2. The lowest BCUT2D eigenvalue weighted by Gasteiger charge is -2.24. The van der Waals surface area contributed by atoms with Gasteiger partial charge in [0.15, 0.2) is 0 Å². The Labute approximate surface area is 132 Å². The first-order valence-corrected chi connectivity index (χ1v) is 8.07. The zero-order valence-corrected chi connectivity index (χ0v) is 14.2. The summed E-state index contributed by atoms with van der Waals surface area (Å²) in [6.07, 6.45) is 0.644. The van der Waals surface area contributed by atoms with Crippen LogP contribution in [-0.4, -0.2) is 29.5 Å². The fraction of sp³-hybridized carbons (Fsp3) is 0.647. The Morgan fingerprint density at radius 3 is 2.29 bits per heavy atom. The second-order valence-electron chi connectivity index (χ2n) is 5.68. The second-order valence-corrected chi connectivity index (χ2v) is 6.11. The van der Waals surface area contributed by atoms with E-state index in [1.54, 1.807) is 0 Å². The predicted molar refractivity (Wildman–Crippen MR) is 87.5 cm³/mol. The fourth-order valence-corrected chi connectivity index (χ4v) is 2.83. The summed E-state index contributed by atoms with van der Waals surface area (Å²) in [6, 6.07) is 3.88. The highest BCUT2D eigenvalue weighted by Gasteiger charge is 2.22. The molecule has 0 aliphatic heterocycles. The monoisotopic (exact) mass is 314 g/mol. The van der Waals surface area contributed by atoms with Crippen LogP contribution in [0.4, 0.5) is 0 Å². The maximum atomic E-state index is 9.77. The van der Waals surface area contributed by atoms with Crippen molar-refractivity contribution >= 4 is 11.6 Å². The Kier molecular flexibility index (Phi) is 7.50. The number of benzene rings is 1. The van der Waals surface area contributed by atoms with Gasteiger partial charge >= 0.3 is 0 Å². The molecule has 1 aromatic rings. The lowest BCUT2D eigenvalue weighted by atomic mass is 9.87. The first-order valence-electron chi connectivity index (χ1n) is 7.69. The Morgan fingerprint density at radius 1 is 1.19 bits per heavy atom. The summed E-state index contributed by atoms with van der Waals surface area (Å²) in [5, 5.41) is 19.5. The van der Waals surface area contributed by atoms with Crippen LogP contribution in [0, 0.1) is 0 Å². The van der Waals surface area contributed by atoms with Crippen molar-refractivity contribution < 1.29 is 14.9 Å². The van der Waals surface area contributed by atoms with Gasteiger partial charge in [-0.05, 0) is 54.9 Å². The number of hydrogen-bond acceptors (Lipinski definition) is 3. The van der Waals surface area contributed by atoms with Gasteiger partial charge in [-0.15, -0.1) is 0 Å². The molecule has 2 N–H and O–H groups in total. The Hall–Kier alpha value is -0.770. The van der Waals surface area contributed by atoms with Crippen molar-refractivity contribution in [3.8, 4) is 5.75 Å². The summed E-state index contributed by atoms with van der Waals surface area (Å²) in [4.78, 5) is 0. The van der Waals surface area contributed by atoms with Crippen LogP contribution < -0.4 is 4.74 Å². The van der Waals surface area contributed by atoms with Gasteiger partial charge in [-0.25, -0.2) is 0 Å². The normalized spacial score (nSPS) is 14.3. The minimum atomic E-state index is -0.717. The molecular weight excluding hydrogens is 288 g/mol. The molecule has 1 rings (SSSR count). The van der Waals surface area contributed by atoms with Crippen LogP contribution >= 0.6 is 11.6 Å². The van der Waals surface area contributed by atoms with Gasteiger partial charge in [-0.3, -0.25) is 0 Å². The Bertz CT molecular complexity index is 446. The van der Waals surface area contributed by atoms with Gasteiger partial charge in [0.25, 0.3) is 0 Å². The molecule has 21 heavy (non-hydrogen) atoms. The molecule has 2 unspecified atom stereocenters. The van der Waals surface area contributed by atoms with Gasteiger partial charge in [0, 0.05) is 5.02 Å². The van der Waals surface area contributed by atoms with Crippen molar-refractivity contribution in [2.45, 2.75) is 58.5 Å². The third kappa shape index (κ3) is 4.87. The SMILES string of the molecule is CCOc1c(C(C)C)cc(Cl)cc1C(CC)CC(O)CO. The van der Waals surface area contributed by atoms with Crippen LogP contribution in [0.3, 0.4) is 0 Å². The van der Waals surface area contributed by atoms with Gasteiger partial charge in [0.05, 0.1) is 19.3 Å². The van der Waals surface area contributed by atoms with Crippen molar-refractivity contribution in [2.75, 3.05) is 13.2 Å². The number of rotatable bonds is 8. The molecule has 0 aliphatic rings. The molecule has 2 atom stereocenters. The molecule has 120 valence electrons. The smallest absolute Gasteiger partial charge is 0.126 e. The molecule has 0 fully saturated rings. The molecule has 0 heterocycles. The van der Waals surface area contributed by atoms with Crippen molar-refractivity contribution in [1.82, 2.24) is 0 Å². The van der Waals surface area contributed by atoms with E-state index in [4.69, 9.17) is 21.4 Å². The fourth-order valence-electron chi connectivity index (χ4n) is 2.60. The van der Waals surface area contributed by atoms with Crippen molar-refractivity contribution in [3.63, 3.8) is 0 Å².